The molecule has 0 fully saturated rings. The Kier molecular flexibility index (Phi) is 4.30. The molecule has 1 heterocycles. The van der Waals surface area contributed by atoms with Gasteiger partial charge in [-0.2, -0.15) is 5.10 Å². The Balaban J connectivity index is 2.52. The molecule has 0 aliphatic rings. The quantitative estimate of drug-likeness (QED) is 0.751. The van der Waals surface area contributed by atoms with E-state index in [1.165, 1.54) is 0 Å². The number of aromatic nitrogens is 2. The van der Waals surface area contributed by atoms with E-state index in [2.05, 4.69) is 10.4 Å². The molecule has 1 unspecified atom stereocenters. The van der Waals surface area contributed by atoms with Gasteiger partial charge in [0, 0.05) is 32.5 Å². The molecule has 0 saturated heterocycles. The number of carbonyl (C=O) groups excluding carboxylic acids is 1. The van der Waals surface area contributed by atoms with Gasteiger partial charge in [-0.05, 0) is 20.0 Å². The fourth-order valence-electron chi connectivity index (χ4n) is 1.33. The monoisotopic (exact) mass is 210 g/mol. The number of hydrogen-bond acceptors (Lipinski definition) is 3. The molecule has 1 aromatic heterocycles. The highest BCUT2D eigenvalue weighted by atomic mass is 16.2. The molecule has 0 spiro atoms. The third-order valence-electron chi connectivity index (χ3n) is 2.35. The lowest BCUT2D eigenvalue weighted by molar-refractivity contribution is -0.133. The molecule has 5 nitrogen and oxygen atoms in total. The number of amides is 1. The fraction of sp³-hybridized carbons (Fsp3) is 0.600. The van der Waals surface area contributed by atoms with E-state index in [0.29, 0.717) is 6.54 Å². The number of carbonyl (C=O) groups is 1. The summed E-state index contributed by atoms with van der Waals surface area (Å²) in [5.74, 6) is 0.0777. The molecule has 1 N–H and O–H groups in total. The average molecular weight is 210 g/mol. The zero-order chi connectivity index (χ0) is 11.3. The molecule has 5 heteroatoms. The Morgan fingerprint density at radius 2 is 2.40 bits per heavy atom. The maximum Gasteiger partial charge on any atom is 0.246 e. The van der Waals surface area contributed by atoms with E-state index in [1.54, 1.807) is 29.0 Å². The highest BCUT2D eigenvalue weighted by molar-refractivity contribution is 5.79. The van der Waals surface area contributed by atoms with E-state index in [9.17, 15) is 4.79 Å². The predicted molar refractivity (Wildman–Crippen MR) is 58.5 cm³/mol. The van der Waals surface area contributed by atoms with Crippen molar-refractivity contribution in [1.29, 1.82) is 0 Å². The Hall–Kier alpha value is -1.36. The molecule has 1 atom stereocenters. The van der Waals surface area contributed by atoms with Crippen LogP contribution >= 0.6 is 0 Å². The van der Waals surface area contributed by atoms with Crippen LogP contribution < -0.4 is 5.32 Å². The van der Waals surface area contributed by atoms with E-state index < -0.39 is 0 Å². The van der Waals surface area contributed by atoms with Crippen LogP contribution in [0.15, 0.2) is 18.5 Å². The molecular formula is C10H18N4O. The Labute approximate surface area is 90.1 Å². The van der Waals surface area contributed by atoms with Crippen LogP contribution in [0.4, 0.5) is 0 Å². The summed E-state index contributed by atoms with van der Waals surface area (Å²) >= 11 is 0. The Morgan fingerprint density at radius 1 is 1.67 bits per heavy atom. The van der Waals surface area contributed by atoms with Crippen molar-refractivity contribution in [2.75, 3.05) is 27.2 Å². The summed E-state index contributed by atoms with van der Waals surface area (Å²) < 4.78 is 1.66. The minimum Gasteiger partial charge on any atom is -0.343 e. The van der Waals surface area contributed by atoms with Gasteiger partial charge in [-0.3, -0.25) is 9.48 Å². The molecule has 1 amide bonds. The zero-order valence-electron chi connectivity index (χ0n) is 9.47. The van der Waals surface area contributed by atoms with Gasteiger partial charge in [-0.15, -0.1) is 0 Å². The predicted octanol–water partition coefficient (Wildman–Crippen LogP) is 0.122. The van der Waals surface area contributed by atoms with Gasteiger partial charge in [0.25, 0.3) is 0 Å². The molecule has 0 bridgehead atoms. The molecular weight excluding hydrogens is 192 g/mol. The molecule has 0 aliphatic heterocycles. The number of nitrogens with one attached hydrogen (secondary N) is 1. The second-order valence-electron chi connectivity index (χ2n) is 3.53. The van der Waals surface area contributed by atoms with E-state index in [0.717, 1.165) is 6.54 Å². The topological polar surface area (TPSA) is 50.2 Å². The van der Waals surface area contributed by atoms with Gasteiger partial charge in [0.2, 0.25) is 5.91 Å². The fourth-order valence-corrected chi connectivity index (χ4v) is 1.33. The average Bonchev–Trinajstić information content (AvgIpc) is 2.77. The van der Waals surface area contributed by atoms with Crippen LogP contribution in [0.2, 0.25) is 0 Å². The summed E-state index contributed by atoms with van der Waals surface area (Å²) in [6, 6.07) is 1.58. The van der Waals surface area contributed by atoms with Crippen LogP contribution in [-0.2, 0) is 4.79 Å². The lowest BCUT2D eigenvalue weighted by Gasteiger charge is -2.21. The molecule has 0 aliphatic carbocycles. The molecule has 0 aromatic carbocycles. The third-order valence-corrected chi connectivity index (χ3v) is 2.35. The molecule has 1 aromatic rings. The maximum atomic E-state index is 11.9. The smallest absolute Gasteiger partial charge is 0.246 e. The van der Waals surface area contributed by atoms with Crippen molar-refractivity contribution in [2.24, 2.45) is 0 Å². The van der Waals surface area contributed by atoms with Crippen molar-refractivity contribution in [3.05, 3.63) is 18.5 Å². The Bertz CT molecular complexity index is 296. The van der Waals surface area contributed by atoms with Crippen molar-refractivity contribution in [1.82, 2.24) is 20.0 Å². The summed E-state index contributed by atoms with van der Waals surface area (Å²) in [6.07, 6.45) is 3.48. The first kappa shape index (κ1) is 11.7. The lowest BCUT2D eigenvalue weighted by Crippen LogP contribution is -2.37. The zero-order valence-corrected chi connectivity index (χ0v) is 9.47. The molecule has 15 heavy (non-hydrogen) atoms. The SMILES string of the molecule is CNCCN(C)C(=O)C(C)n1cccn1. The van der Waals surface area contributed by atoms with Crippen LogP contribution in [0, 0.1) is 0 Å². The van der Waals surface area contributed by atoms with Crippen LogP contribution in [0.3, 0.4) is 0 Å². The second kappa shape index (κ2) is 5.50. The molecule has 0 saturated carbocycles. The van der Waals surface area contributed by atoms with Gasteiger partial charge in [0.1, 0.15) is 6.04 Å². The summed E-state index contributed by atoms with van der Waals surface area (Å²) in [7, 11) is 3.68. The minimum atomic E-state index is -0.234. The number of nitrogens with zero attached hydrogens (tertiary/aromatic N) is 3. The van der Waals surface area contributed by atoms with Crippen LogP contribution in [0.5, 0.6) is 0 Å². The summed E-state index contributed by atoms with van der Waals surface area (Å²) in [5, 5.41) is 7.06. The van der Waals surface area contributed by atoms with Crippen molar-refractivity contribution >= 4 is 5.91 Å². The molecule has 84 valence electrons. The largest absolute Gasteiger partial charge is 0.343 e. The van der Waals surface area contributed by atoms with Gasteiger partial charge >= 0.3 is 0 Å². The second-order valence-corrected chi connectivity index (χ2v) is 3.53. The highest BCUT2D eigenvalue weighted by Gasteiger charge is 2.18. The van der Waals surface area contributed by atoms with Crippen LogP contribution in [0.25, 0.3) is 0 Å². The first-order valence-electron chi connectivity index (χ1n) is 5.05. The van der Waals surface area contributed by atoms with Crippen LogP contribution in [0.1, 0.15) is 13.0 Å². The first-order valence-corrected chi connectivity index (χ1v) is 5.05. The van der Waals surface area contributed by atoms with E-state index in [4.69, 9.17) is 0 Å². The summed E-state index contributed by atoms with van der Waals surface area (Å²) in [5.41, 5.74) is 0. The minimum absolute atomic E-state index is 0.0777. The number of hydrogen-bond donors (Lipinski definition) is 1. The standard InChI is InChI=1S/C10H18N4O/c1-9(14-7-4-5-12-14)10(15)13(3)8-6-11-2/h4-5,7,9,11H,6,8H2,1-3H3. The van der Waals surface area contributed by atoms with Gasteiger partial charge < -0.3 is 10.2 Å². The lowest BCUT2D eigenvalue weighted by atomic mass is 10.3. The van der Waals surface area contributed by atoms with Crippen molar-refractivity contribution < 1.29 is 4.79 Å². The summed E-state index contributed by atoms with van der Waals surface area (Å²) in [4.78, 5) is 13.6. The van der Waals surface area contributed by atoms with Gasteiger partial charge in [0.15, 0.2) is 0 Å². The van der Waals surface area contributed by atoms with Crippen LogP contribution in [-0.4, -0.2) is 47.8 Å². The normalized spacial score (nSPS) is 12.5. The maximum absolute atomic E-state index is 11.9. The first-order chi connectivity index (χ1) is 7.16. The number of rotatable bonds is 5. The molecule has 0 radical (unpaired) electrons. The number of likely N-dealkylation sites (N-methyl/N-ethyl adjacent to an activating group) is 2. The van der Waals surface area contributed by atoms with Crippen molar-refractivity contribution in [2.45, 2.75) is 13.0 Å². The van der Waals surface area contributed by atoms with E-state index in [-0.39, 0.29) is 11.9 Å². The van der Waals surface area contributed by atoms with Gasteiger partial charge in [0.05, 0.1) is 0 Å². The Morgan fingerprint density at radius 3 is 2.93 bits per heavy atom. The molecule has 1 rings (SSSR count). The van der Waals surface area contributed by atoms with Gasteiger partial charge in [-0.25, -0.2) is 0 Å². The van der Waals surface area contributed by atoms with Gasteiger partial charge in [-0.1, -0.05) is 0 Å². The summed E-state index contributed by atoms with van der Waals surface area (Å²) in [6.45, 7) is 3.36. The van der Waals surface area contributed by atoms with Crippen molar-refractivity contribution in [3.63, 3.8) is 0 Å². The third kappa shape index (κ3) is 3.06. The van der Waals surface area contributed by atoms with E-state index >= 15 is 0 Å². The highest BCUT2D eigenvalue weighted by Crippen LogP contribution is 2.06. The van der Waals surface area contributed by atoms with E-state index in [1.807, 2.05) is 20.0 Å². The van der Waals surface area contributed by atoms with Crippen molar-refractivity contribution in [3.8, 4) is 0 Å².